The Labute approximate surface area is 174 Å². The van der Waals surface area contributed by atoms with E-state index < -0.39 is 10.0 Å². The van der Waals surface area contributed by atoms with E-state index in [1.165, 1.54) is 4.31 Å². The summed E-state index contributed by atoms with van der Waals surface area (Å²) in [5.41, 5.74) is 0. The summed E-state index contributed by atoms with van der Waals surface area (Å²) in [6.07, 6.45) is 1.35. The number of nitrogens with one attached hydrogen (secondary N) is 1. The molecule has 1 saturated heterocycles. The van der Waals surface area contributed by atoms with Gasteiger partial charge in [-0.15, -0.1) is 0 Å². The molecule has 1 fully saturated rings. The van der Waals surface area contributed by atoms with Crippen LogP contribution in [0.25, 0.3) is 0 Å². The van der Waals surface area contributed by atoms with Crippen molar-refractivity contribution < 1.29 is 17.9 Å². The Morgan fingerprint density at radius 3 is 2.71 bits per heavy atom. The van der Waals surface area contributed by atoms with E-state index in [1.54, 1.807) is 30.3 Å². The summed E-state index contributed by atoms with van der Waals surface area (Å²) in [5.74, 6) is 0.241. The average Bonchev–Trinajstić information content (AvgIpc) is 2.72. The van der Waals surface area contributed by atoms with Gasteiger partial charge < -0.3 is 10.1 Å². The molecule has 1 aliphatic heterocycles. The number of carbonyl (C=O) groups excluding carboxylic acids is 1. The third-order valence-electron chi connectivity index (χ3n) is 4.60. The minimum absolute atomic E-state index is 0.134. The first-order valence-corrected chi connectivity index (χ1v) is 11.4. The highest BCUT2D eigenvalue weighted by Crippen LogP contribution is 2.24. The average molecular weight is 467 g/mol. The Hall–Kier alpha value is -1.90. The van der Waals surface area contributed by atoms with Crippen molar-refractivity contribution in [1.29, 1.82) is 0 Å². The van der Waals surface area contributed by atoms with Crippen molar-refractivity contribution >= 4 is 31.9 Å². The Balaban J connectivity index is 1.50. The Morgan fingerprint density at radius 2 is 1.96 bits per heavy atom. The first-order chi connectivity index (χ1) is 13.5. The maximum Gasteiger partial charge on any atom is 0.243 e. The number of sulfonamides is 1. The number of halogens is 1. The molecule has 1 atom stereocenters. The van der Waals surface area contributed by atoms with Crippen LogP contribution in [0.4, 0.5) is 0 Å². The van der Waals surface area contributed by atoms with Crippen molar-refractivity contribution in [3.63, 3.8) is 0 Å². The Kier molecular flexibility index (Phi) is 7.09. The first kappa shape index (κ1) is 20.8. The van der Waals surface area contributed by atoms with Gasteiger partial charge in [0.1, 0.15) is 12.4 Å². The van der Waals surface area contributed by atoms with E-state index in [9.17, 15) is 13.2 Å². The fourth-order valence-corrected chi connectivity index (χ4v) is 5.08. The van der Waals surface area contributed by atoms with Crippen LogP contribution in [0.2, 0.25) is 0 Å². The van der Waals surface area contributed by atoms with Gasteiger partial charge in [0.25, 0.3) is 0 Å². The quantitative estimate of drug-likeness (QED) is 0.636. The topological polar surface area (TPSA) is 75.7 Å². The zero-order valence-electron chi connectivity index (χ0n) is 15.4. The molecule has 8 heteroatoms. The van der Waals surface area contributed by atoms with E-state index in [1.807, 2.05) is 24.3 Å². The second kappa shape index (κ2) is 9.54. The summed E-state index contributed by atoms with van der Waals surface area (Å²) in [6, 6.07) is 15.8. The van der Waals surface area contributed by atoms with Gasteiger partial charge in [-0.2, -0.15) is 4.31 Å². The lowest BCUT2D eigenvalue weighted by Crippen LogP contribution is -2.45. The lowest BCUT2D eigenvalue weighted by Gasteiger charge is -2.31. The zero-order valence-corrected chi connectivity index (χ0v) is 17.8. The van der Waals surface area contributed by atoms with Crippen molar-refractivity contribution in [2.75, 3.05) is 26.2 Å². The van der Waals surface area contributed by atoms with Gasteiger partial charge in [-0.3, -0.25) is 4.79 Å². The third-order valence-corrected chi connectivity index (χ3v) is 6.97. The van der Waals surface area contributed by atoms with Crippen LogP contribution in [0.1, 0.15) is 12.8 Å². The predicted octanol–water partition coefficient (Wildman–Crippen LogP) is 3.05. The molecule has 1 aliphatic rings. The van der Waals surface area contributed by atoms with E-state index in [0.717, 1.165) is 10.2 Å². The molecule has 1 unspecified atom stereocenters. The molecular weight excluding hydrogens is 444 g/mol. The number of piperidine rings is 1. The molecule has 0 saturated carbocycles. The minimum Gasteiger partial charge on any atom is -0.492 e. The smallest absolute Gasteiger partial charge is 0.243 e. The van der Waals surface area contributed by atoms with E-state index in [4.69, 9.17) is 4.74 Å². The second-order valence-corrected chi connectivity index (χ2v) is 9.47. The van der Waals surface area contributed by atoms with Crippen LogP contribution in [0.5, 0.6) is 5.75 Å². The number of rotatable bonds is 7. The molecule has 2 aromatic rings. The number of amides is 1. The lowest BCUT2D eigenvalue weighted by atomic mass is 9.99. The van der Waals surface area contributed by atoms with Gasteiger partial charge in [-0.1, -0.05) is 40.2 Å². The first-order valence-electron chi connectivity index (χ1n) is 9.18. The molecule has 1 N–H and O–H groups in total. The monoisotopic (exact) mass is 466 g/mol. The maximum absolute atomic E-state index is 12.8. The number of benzene rings is 2. The standard InChI is InChI=1S/C20H23BrN2O4S/c21-17-7-4-8-18(14-17)27-13-11-22-20(24)16-6-5-12-23(15-16)28(25,26)19-9-2-1-3-10-19/h1-4,7-10,14,16H,5-6,11-13,15H2,(H,22,24). The molecule has 0 aromatic heterocycles. The fraction of sp³-hybridized carbons (Fsp3) is 0.350. The van der Waals surface area contributed by atoms with E-state index in [0.29, 0.717) is 32.5 Å². The maximum atomic E-state index is 12.8. The van der Waals surface area contributed by atoms with E-state index in [2.05, 4.69) is 21.2 Å². The van der Waals surface area contributed by atoms with Crippen LogP contribution in [0.15, 0.2) is 64.0 Å². The van der Waals surface area contributed by atoms with Crippen molar-refractivity contribution in [2.24, 2.45) is 5.92 Å². The molecule has 6 nitrogen and oxygen atoms in total. The second-order valence-electron chi connectivity index (χ2n) is 6.61. The van der Waals surface area contributed by atoms with Crippen molar-refractivity contribution in [3.05, 3.63) is 59.1 Å². The molecule has 0 radical (unpaired) electrons. The zero-order chi connectivity index (χ0) is 20.0. The molecule has 3 rings (SSSR count). The van der Waals surface area contributed by atoms with Gasteiger partial charge in [0, 0.05) is 17.6 Å². The highest BCUT2D eigenvalue weighted by molar-refractivity contribution is 9.10. The normalized spacial score (nSPS) is 17.8. The van der Waals surface area contributed by atoms with Gasteiger partial charge in [0.2, 0.25) is 15.9 Å². The molecule has 1 amide bonds. The third kappa shape index (κ3) is 5.33. The summed E-state index contributed by atoms with van der Waals surface area (Å²) < 4.78 is 33.5. The number of nitrogens with zero attached hydrogens (tertiary/aromatic N) is 1. The van der Waals surface area contributed by atoms with Crippen molar-refractivity contribution in [1.82, 2.24) is 9.62 Å². The SMILES string of the molecule is O=C(NCCOc1cccc(Br)c1)C1CCCN(S(=O)(=O)c2ccccc2)C1. The van der Waals surface area contributed by atoms with Crippen LogP contribution < -0.4 is 10.1 Å². The van der Waals surface area contributed by atoms with Gasteiger partial charge >= 0.3 is 0 Å². The van der Waals surface area contributed by atoms with Crippen LogP contribution in [-0.2, 0) is 14.8 Å². The molecule has 150 valence electrons. The summed E-state index contributed by atoms with van der Waals surface area (Å²) in [4.78, 5) is 12.7. The molecule has 0 spiro atoms. The van der Waals surface area contributed by atoms with E-state index >= 15 is 0 Å². The molecular formula is C20H23BrN2O4S. The number of hydrogen-bond acceptors (Lipinski definition) is 4. The van der Waals surface area contributed by atoms with Gasteiger partial charge in [0.15, 0.2) is 0 Å². The van der Waals surface area contributed by atoms with Gasteiger partial charge in [-0.05, 0) is 43.2 Å². The summed E-state index contributed by atoms with van der Waals surface area (Å²) in [5, 5.41) is 2.85. The summed E-state index contributed by atoms with van der Waals surface area (Å²) in [7, 11) is -3.57. The largest absolute Gasteiger partial charge is 0.492 e. The van der Waals surface area contributed by atoms with Gasteiger partial charge in [-0.25, -0.2) is 8.42 Å². The predicted molar refractivity (Wildman–Crippen MR) is 111 cm³/mol. The Bertz CT molecular complexity index is 905. The van der Waals surface area contributed by atoms with Crippen molar-refractivity contribution in [3.8, 4) is 5.75 Å². The minimum atomic E-state index is -3.57. The lowest BCUT2D eigenvalue weighted by molar-refractivity contribution is -0.126. The Morgan fingerprint density at radius 1 is 1.18 bits per heavy atom. The summed E-state index contributed by atoms with van der Waals surface area (Å²) >= 11 is 3.38. The highest BCUT2D eigenvalue weighted by Gasteiger charge is 2.33. The molecule has 0 bridgehead atoms. The molecule has 2 aromatic carbocycles. The molecule has 1 heterocycles. The molecule has 0 aliphatic carbocycles. The number of ether oxygens (including phenoxy) is 1. The number of carbonyl (C=O) groups is 1. The highest BCUT2D eigenvalue weighted by atomic mass is 79.9. The van der Waals surface area contributed by atoms with Crippen LogP contribution in [-0.4, -0.2) is 44.9 Å². The number of hydrogen-bond donors (Lipinski definition) is 1. The van der Waals surface area contributed by atoms with Gasteiger partial charge in [0.05, 0.1) is 17.4 Å². The van der Waals surface area contributed by atoms with E-state index in [-0.39, 0.29) is 23.3 Å². The fourth-order valence-electron chi connectivity index (χ4n) is 3.16. The van der Waals surface area contributed by atoms with Crippen molar-refractivity contribution in [2.45, 2.75) is 17.7 Å². The van der Waals surface area contributed by atoms with Crippen LogP contribution >= 0.6 is 15.9 Å². The van der Waals surface area contributed by atoms with Crippen LogP contribution in [0.3, 0.4) is 0 Å². The molecule has 28 heavy (non-hydrogen) atoms. The summed E-state index contributed by atoms with van der Waals surface area (Å²) in [6.45, 7) is 1.36. The van der Waals surface area contributed by atoms with Crippen LogP contribution in [0, 0.1) is 5.92 Å².